The topological polar surface area (TPSA) is 26.3 Å². The minimum atomic E-state index is -6.95. The maximum Gasteiger partial charge on any atom is 0.460 e. The Morgan fingerprint density at radius 2 is 1.37 bits per heavy atom. The molecule has 0 N–H and O–H groups in total. The standard InChI is InChI=1S/C7H5F9O2S/c1-18-3(17)2-19-7(15,16)5(10,11)4(8,9)6(12,13)14/h2H2,1H3. The van der Waals surface area contributed by atoms with Gasteiger partial charge in [0.15, 0.2) is 0 Å². The maximum atomic E-state index is 12.7. The summed E-state index contributed by atoms with van der Waals surface area (Å²) in [5.74, 6) is -16.7. The molecule has 0 aliphatic carbocycles. The molecule has 2 nitrogen and oxygen atoms in total. The second-order valence-corrected chi connectivity index (χ2v) is 4.12. The highest BCUT2D eigenvalue weighted by atomic mass is 32.2. The van der Waals surface area contributed by atoms with E-state index in [-0.39, 0.29) is 0 Å². The van der Waals surface area contributed by atoms with Crippen LogP contribution in [0.25, 0.3) is 0 Å². The number of hydrogen-bond donors (Lipinski definition) is 0. The number of ether oxygens (including phenoxy) is 1. The number of rotatable bonds is 5. The summed E-state index contributed by atoms with van der Waals surface area (Å²) < 4.78 is 114. The quantitative estimate of drug-likeness (QED) is 0.573. The molecular formula is C7H5F9O2S. The van der Waals surface area contributed by atoms with Gasteiger partial charge in [0.25, 0.3) is 0 Å². The largest absolute Gasteiger partial charge is 0.468 e. The minimum absolute atomic E-state index is 0.684. The zero-order valence-corrected chi connectivity index (χ0v) is 9.65. The molecule has 0 bridgehead atoms. The van der Waals surface area contributed by atoms with Gasteiger partial charge in [-0.25, -0.2) is 0 Å². The lowest BCUT2D eigenvalue weighted by Crippen LogP contribution is -2.59. The highest BCUT2D eigenvalue weighted by Crippen LogP contribution is 2.56. The average Bonchev–Trinajstić information content (AvgIpc) is 2.23. The van der Waals surface area contributed by atoms with Crippen LogP contribution in [0.5, 0.6) is 0 Å². The first-order valence-corrected chi connectivity index (χ1v) is 5.10. The molecule has 19 heavy (non-hydrogen) atoms. The fourth-order valence-corrected chi connectivity index (χ4v) is 1.39. The third kappa shape index (κ3) is 3.39. The third-order valence-corrected chi connectivity index (χ3v) is 2.71. The van der Waals surface area contributed by atoms with Gasteiger partial charge >= 0.3 is 29.2 Å². The molecule has 0 fully saturated rings. The molecule has 0 aliphatic heterocycles. The van der Waals surface area contributed by atoms with Crippen LogP contribution < -0.4 is 0 Å². The molecule has 0 aromatic rings. The zero-order valence-electron chi connectivity index (χ0n) is 8.83. The predicted octanol–water partition coefficient (Wildman–Crippen LogP) is 3.32. The van der Waals surface area contributed by atoms with E-state index in [9.17, 15) is 44.3 Å². The van der Waals surface area contributed by atoms with Gasteiger partial charge in [-0.05, 0) is 0 Å². The van der Waals surface area contributed by atoms with Gasteiger partial charge in [-0.3, -0.25) is 4.79 Å². The summed E-state index contributed by atoms with van der Waals surface area (Å²) in [4.78, 5) is 10.4. The number of methoxy groups -OCH3 is 1. The Kier molecular flexibility index (Phi) is 5.06. The van der Waals surface area contributed by atoms with Crippen LogP contribution in [0.1, 0.15) is 0 Å². The van der Waals surface area contributed by atoms with Crippen molar-refractivity contribution in [1.82, 2.24) is 0 Å². The number of carbonyl (C=O) groups is 1. The molecule has 0 radical (unpaired) electrons. The monoisotopic (exact) mass is 324 g/mol. The van der Waals surface area contributed by atoms with Crippen LogP contribution in [0.15, 0.2) is 0 Å². The Hall–Kier alpha value is -0.810. The lowest BCUT2D eigenvalue weighted by molar-refractivity contribution is -0.381. The van der Waals surface area contributed by atoms with Crippen molar-refractivity contribution in [3.05, 3.63) is 0 Å². The van der Waals surface area contributed by atoms with Crippen molar-refractivity contribution in [1.29, 1.82) is 0 Å². The molecule has 0 unspecified atom stereocenters. The summed E-state index contributed by atoms with van der Waals surface area (Å²) >= 11 is -1.38. The van der Waals surface area contributed by atoms with Gasteiger partial charge in [0.2, 0.25) is 0 Å². The van der Waals surface area contributed by atoms with Crippen LogP contribution in [-0.4, -0.2) is 42.1 Å². The molecule has 0 atom stereocenters. The van der Waals surface area contributed by atoms with Gasteiger partial charge in [-0.15, -0.1) is 0 Å². The summed E-state index contributed by atoms with van der Waals surface area (Å²) in [5, 5.41) is -5.82. The van der Waals surface area contributed by atoms with Crippen LogP contribution in [-0.2, 0) is 9.53 Å². The van der Waals surface area contributed by atoms with Crippen molar-refractivity contribution in [2.24, 2.45) is 0 Å². The van der Waals surface area contributed by atoms with E-state index in [1.165, 1.54) is 0 Å². The summed E-state index contributed by atoms with van der Waals surface area (Å²) in [7, 11) is 0.684. The van der Waals surface area contributed by atoms with E-state index in [2.05, 4.69) is 4.74 Å². The first kappa shape index (κ1) is 18.2. The number of thioether (sulfide) groups is 1. The lowest BCUT2D eigenvalue weighted by Gasteiger charge is -2.32. The van der Waals surface area contributed by atoms with E-state index in [0.29, 0.717) is 7.11 Å². The molecule has 0 saturated heterocycles. The molecule has 0 aromatic heterocycles. The SMILES string of the molecule is COC(=O)CSC(F)(F)C(F)(F)C(F)(F)C(F)(F)F. The third-order valence-electron chi connectivity index (χ3n) is 1.71. The van der Waals surface area contributed by atoms with Gasteiger partial charge in [0.05, 0.1) is 12.9 Å². The highest BCUT2D eigenvalue weighted by Gasteiger charge is 2.82. The van der Waals surface area contributed by atoms with Gasteiger partial charge in [-0.1, -0.05) is 11.8 Å². The average molecular weight is 324 g/mol. The van der Waals surface area contributed by atoms with Crippen LogP contribution in [0.2, 0.25) is 0 Å². The van der Waals surface area contributed by atoms with Gasteiger partial charge < -0.3 is 4.74 Å². The van der Waals surface area contributed by atoms with E-state index >= 15 is 0 Å². The molecule has 0 saturated carbocycles. The Balaban J connectivity index is 5.22. The number of halogens is 9. The Morgan fingerprint density at radius 3 is 1.68 bits per heavy atom. The minimum Gasteiger partial charge on any atom is -0.468 e. The van der Waals surface area contributed by atoms with Crippen LogP contribution >= 0.6 is 11.8 Å². The number of hydrogen-bond acceptors (Lipinski definition) is 3. The van der Waals surface area contributed by atoms with Crippen molar-refractivity contribution in [2.75, 3.05) is 12.9 Å². The summed E-state index contributed by atoms with van der Waals surface area (Å²) in [6.07, 6.45) is -6.87. The highest BCUT2D eigenvalue weighted by molar-refractivity contribution is 8.01. The van der Waals surface area contributed by atoms with Crippen LogP contribution in [0, 0.1) is 0 Å². The van der Waals surface area contributed by atoms with Crippen molar-refractivity contribution < 1.29 is 49.0 Å². The van der Waals surface area contributed by atoms with Crippen molar-refractivity contribution in [3.63, 3.8) is 0 Å². The van der Waals surface area contributed by atoms with Gasteiger partial charge in [-0.2, -0.15) is 39.5 Å². The van der Waals surface area contributed by atoms with E-state index in [1.54, 1.807) is 0 Å². The number of alkyl halides is 9. The summed E-state index contributed by atoms with van der Waals surface area (Å²) in [6.45, 7) is 0. The molecule has 0 aromatic carbocycles. The predicted molar refractivity (Wildman–Crippen MR) is 45.4 cm³/mol. The van der Waals surface area contributed by atoms with E-state index in [1.807, 2.05) is 0 Å². The fourth-order valence-electron chi connectivity index (χ4n) is 0.660. The smallest absolute Gasteiger partial charge is 0.460 e. The van der Waals surface area contributed by atoms with Crippen LogP contribution in [0.3, 0.4) is 0 Å². The van der Waals surface area contributed by atoms with Gasteiger partial charge in [0.1, 0.15) is 0 Å². The van der Waals surface area contributed by atoms with E-state index in [0.717, 1.165) is 0 Å². The van der Waals surface area contributed by atoms with E-state index < -0.39 is 46.8 Å². The zero-order chi connectivity index (χ0) is 15.7. The van der Waals surface area contributed by atoms with E-state index in [4.69, 9.17) is 0 Å². The van der Waals surface area contributed by atoms with Crippen LogP contribution in [0.4, 0.5) is 39.5 Å². The molecular weight excluding hydrogens is 319 g/mol. The molecule has 0 heterocycles. The first-order valence-electron chi connectivity index (χ1n) is 4.11. The molecule has 0 amide bonds. The molecule has 0 aliphatic rings. The Morgan fingerprint density at radius 1 is 0.947 bits per heavy atom. The van der Waals surface area contributed by atoms with Crippen molar-refractivity contribution in [3.8, 4) is 0 Å². The molecule has 12 heteroatoms. The maximum absolute atomic E-state index is 12.7. The van der Waals surface area contributed by atoms with Crippen molar-refractivity contribution >= 4 is 17.7 Å². The Labute approximate surface area is 104 Å². The summed E-state index contributed by atoms with van der Waals surface area (Å²) in [5.41, 5.74) is 0. The lowest BCUT2D eigenvalue weighted by atomic mass is 10.1. The number of carbonyl (C=O) groups excluding carboxylic acids is 1. The van der Waals surface area contributed by atoms with Gasteiger partial charge in [0, 0.05) is 0 Å². The number of esters is 1. The Bertz CT molecular complexity index is 338. The summed E-state index contributed by atoms with van der Waals surface area (Å²) in [6, 6.07) is 0. The second kappa shape index (κ2) is 5.29. The van der Waals surface area contributed by atoms with Crippen molar-refractivity contribution in [2.45, 2.75) is 23.3 Å². The molecule has 0 spiro atoms. The molecule has 0 rings (SSSR count). The normalized spacial score (nSPS) is 14.4. The first-order chi connectivity index (χ1) is 8.20. The second-order valence-electron chi connectivity index (χ2n) is 3.03. The molecule has 114 valence electrons. The fraction of sp³-hybridized carbons (Fsp3) is 0.857.